The molecule has 0 aromatic heterocycles. The maximum absolute atomic E-state index is 12.3. The Kier molecular flexibility index (Phi) is 4.37. The maximum atomic E-state index is 12.3. The quantitative estimate of drug-likeness (QED) is 0.667. The summed E-state index contributed by atoms with van der Waals surface area (Å²) in [7, 11) is 5.28. The third-order valence-electron chi connectivity index (χ3n) is 3.98. The summed E-state index contributed by atoms with van der Waals surface area (Å²) in [6.07, 6.45) is -0.820. The molecule has 0 saturated carbocycles. The molecule has 0 spiro atoms. The van der Waals surface area contributed by atoms with Crippen molar-refractivity contribution in [2.45, 2.75) is 32.6 Å². The number of ether oxygens (including phenoxy) is 1. The Hall–Kier alpha value is -1.82. The van der Waals surface area contributed by atoms with Gasteiger partial charge in [0.25, 0.3) is 0 Å². The summed E-state index contributed by atoms with van der Waals surface area (Å²) in [6.45, 7) is 3.59. The first kappa shape index (κ1) is 15.6. The molecule has 5 nitrogen and oxygen atoms in total. The molecule has 1 fully saturated rings. The fraction of sp³-hybridized carbons (Fsp3) is 0.467. The second-order valence-corrected chi connectivity index (χ2v) is 5.82. The molecule has 1 aromatic rings. The number of carbonyl (C=O) groups is 2. The Morgan fingerprint density at radius 3 is 2.57 bits per heavy atom. The van der Waals surface area contributed by atoms with Gasteiger partial charge in [-0.1, -0.05) is 44.2 Å². The van der Waals surface area contributed by atoms with Crippen LogP contribution in [0.2, 0.25) is 0 Å². The molecule has 0 aliphatic carbocycles. The number of hydrogen-bond donors (Lipinski definition) is 1. The fourth-order valence-corrected chi connectivity index (χ4v) is 2.57. The van der Waals surface area contributed by atoms with Crippen molar-refractivity contribution in [1.82, 2.24) is 4.90 Å². The number of carbonyl (C=O) groups excluding carboxylic acids is 2. The average Bonchev–Trinajstić information content (AvgIpc) is 2.68. The van der Waals surface area contributed by atoms with Crippen molar-refractivity contribution in [3.63, 3.8) is 0 Å². The second-order valence-electron chi connectivity index (χ2n) is 5.82. The lowest BCUT2D eigenvalue weighted by Crippen LogP contribution is -2.47. The molecular weight excluding hydrogens is 269 g/mol. The highest BCUT2D eigenvalue weighted by Gasteiger charge is 2.52. The number of rotatable bonds is 3. The molecule has 2 rings (SSSR count). The van der Waals surface area contributed by atoms with Crippen molar-refractivity contribution in [2.75, 3.05) is 6.54 Å². The minimum Gasteiger partial charge on any atom is -0.459 e. The number of amides is 1. The summed E-state index contributed by atoms with van der Waals surface area (Å²) in [6, 6.07) is 8.37. The summed E-state index contributed by atoms with van der Waals surface area (Å²) < 4.78 is 5.28. The van der Waals surface area contributed by atoms with Crippen LogP contribution in [0.5, 0.6) is 0 Å². The molecule has 21 heavy (non-hydrogen) atoms. The molecule has 0 bridgehead atoms. The minimum absolute atomic E-state index is 0.0352. The highest BCUT2D eigenvalue weighted by molar-refractivity contribution is 6.57. The van der Waals surface area contributed by atoms with Gasteiger partial charge >= 0.3 is 5.97 Å². The van der Waals surface area contributed by atoms with Crippen LogP contribution in [-0.4, -0.2) is 48.3 Å². The zero-order valence-electron chi connectivity index (χ0n) is 12.2. The van der Waals surface area contributed by atoms with Crippen molar-refractivity contribution < 1.29 is 19.4 Å². The van der Waals surface area contributed by atoms with Crippen LogP contribution in [0.4, 0.5) is 4.79 Å². The van der Waals surface area contributed by atoms with Crippen LogP contribution in [0.1, 0.15) is 19.4 Å². The van der Waals surface area contributed by atoms with Crippen LogP contribution in [0, 0.1) is 5.41 Å². The normalized spacial score (nSPS) is 23.9. The van der Waals surface area contributed by atoms with Crippen molar-refractivity contribution in [3.8, 4) is 0 Å². The molecule has 6 heteroatoms. The van der Waals surface area contributed by atoms with E-state index in [1.54, 1.807) is 13.8 Å². The number of aliphatic hydroxyl groups excluding tert-OH is 1. The Morgan fingerprint density at radius 1 is 1.38 bits per heavy atom. The van der Waals surface area contributed by atoms with Gasteiger partial charge < -0.3 is 14.7 Å². The van der Waals surface area contributed by atoms with Crippen molar-refractivity contribution in [2.24, 2.45) is 5.41 Å². The van der Waals surface area contributed by atoms with Gasteiger partial charge in [-0.2, -0.15) is 0 Å². The lowest BCUT2D eigenvalue weighted by molar-refractivity contribution is -0.153. The summed E-state index contributed by atoms with van der Waals surface area (Å²) >= 11 is 0. The summed E-state index contributed by atoms with van der Waals surface area (Å²) in [4.78, 5) is 24.9. The van der Waals surface area contributed by atoms with Gasteiger partial charge in [0.1, 0.15) is 12.6 Å². The molecule has 1 saturated heterocycles. The van der Waals surface area contributed by atoms with Crippen molar-refractivity contribution in [3.05, 3.63) is 35.9 Å². The number of benzene rings is 1. The molecule has 1 N–H and O–H groups in total. The first-order valence-electron chi connectivity index (χ1n) is 6.78. The van der Waals surface area contributed by atoms with E-state index in [0.717, 1.165) is 10.5 Å². The Labute approximate surface area is 125 Å². The minimum atomic E-state index is -0.881. The predicted octanol–water partition coefficient (Wildman–Crippen LogP) is 1.09. The van der Waals surface area contributed by atoms with E-state index in [9.17, 15) is 14.7 Å². The highest BCUT2D eigenvalue weighted by Crippen LogP contribution is 2.37. The molecular formula is C15H18BNO4. The van der Waals surface area contributed by atoms with Crippen molar-refractivity contribution in [1.29, 1.82) is 0 Å². The van der Waals surface area contributed by atoms with E-state index in [-0.39, 0.29) is 13.2 Å². The lowest BCUT2D eigenvalue weighted by Gasteiger charge is -2.31. The van der Waals surface area contributed by atoms with Crippen LogP contribution in [0.15, 0.2) is 30.3 Å². The zero-order valence-corrected chi connectivity index (χ0v) is 12.2. The van der Waals surface area contributed by atoms with Gasteiger partial charge in [-0.3, -0.25) is 4.79 Å². The molecule has 0 unspecified atom stereocenters. The third-order valence-corrected chi connectivity index (χ3v) is 3.98. The van der Waals surface area contributed by atoms with Crippen LogP contribution in [0.25, 0.3) is 0 Å². The summed E-state index contributed by atoms with van der Waals surface area (Å²) in [5.41, 5.74) is 0.0517. The van der Waals surface area contributed by atoms with E-state index in [1.165, 1.54) is 0 Å². The molecule has 1 amide bonds. The Morgan fingerprint density at radius 2 is 2.00 bits per heavy atom. The third kappa shape index (κ3) is 3.10. The van der Waals surface area contributed by atoms with E-state index >= 15 is 0 Å². The van der Waals surface area contributed by atoms with E-state index < -0.39 is 29.3 Å². The molecule has 110 valence electrons. The molecule has 1 aliphatic rings. The summed E-state index contributed by atoms with van der Waals surface area (Å²) in [5.74, 6) is -1.29. The van der Waals surface area contributed by atoms with Gasteiger partial charge in [0, 0.05) is 12.0 Å². The number of nitrogens with zero attached hydrogens (tertiary/aromatic N) is 1. The molecule has 2 atom stereocenters. The smallest absolute Gasteiger partial charge is 0.329 e. The van der Waals surface area contributed by atoms with E-state index in [4.69, 9.17) is 12.6 Å². The van der Waals surface area contributed by atoms with Crippen LogP contribution >= 0.6 is 0 Å². The largest absolute Gasteiger partial charge is 0.459 e. The number of β-amino-alcohol motifs (C(OH)–C–C–N with tert-alkyl or cyclic N) is 1. The number of aliphatic hydroxyl groups is 1. The second kappa shape index (κ2) is 5.89. The van der Waals surface area contributed by atoms with Crippen molar-refractivity contribution >= 4 is 19.6 Å². The van der Waals surface area contributed by atoms with Gasteiger partial charge in [-0.25, -0.2) is 4.79 Å². The maximum Gasteiger partial charge on any atom is 0.329 e. The molecule has 1 aromatic carbocycles. The standard InChI is InChI=1S/C15H18BNO4/c1-15(2)11(18)8-17(14(16)20)12(15)13(19)21-9-10-6-4-3-5-7-10/h3-7,11-12,18H,8-9H2,1-2H3/t11-,12-/m1/s1. The molecule has 2 radical (unpaired) electrons. The first-order valence-corrected chi connectivity index (χ1v) is 6.78. The number of esters is 1. The van der Waals surface area contributed by atoms with Gasteiger partial charge in [-0.15, -0.1) is 0 Å². The fourth-order valence-electron chi connectivity index (χ4n) is 2.57. The summed E-state index contributed by atoms with van der Waals surface area (Å²) in [5, 5.41) is 10.0. The number of likely N-dealkylation sites (tertiary alicyclic amines) is 1. The van der Waals surface area contributed by atoms with E-state index in [2.05, 4.69) is 0 Å². The average molecular weight is 287 g/mol. The van der Waals surface area contributed by atoms with Gasteiger partial charge in [-0.05, 0) is 5.56 Å². The predicted molar refractivity (Wildman–Crippen MR) is 77.7 cm³/mol. The first-order chi connectivity index (χ1) is 9.84. The van der Waals surface area contributed by atoms with Crippen LogP contribution < -0.4 is 0 Å². The Bertz CT molecular complexity index is 532. The highest BCUT2D eigenvalue weighted by atomic mass is 16.5. The molecule has 1 heterocycles. The van der Waals surface area contributed by atoms with Gasteiger partial charge in [0.2, 0.25) is 7.85 Å². The lowest BCUT2D eigenvalue weighted by atomic mass is 9.82. The van der Waals surface area contributed by atoms with Gasteiger partial charge in [0.05, 0.1) is 6.10 Å². The van der Waals surface area contributed by atoms with Gasteiger partial charge in [0.15, 0.2) is 5.81 Å². The zero-order chi connectivity index (χ0) is 15.6. The van der Waals surface area contributed by atoms with E-state index in [1.807, 2.05) is 30.3 Å². The monoisotopic (exact) mass is 287 g/mol. The number of hydrogen-bond acceptors (Lipinski definition) is 4. The molecule has 1 aliphatic heterocycles. The van der Waals surface area contributed by atoms with E-state index in [0.29, 0.717) is 0 Å². The SMILES string of the molecule is [B]C(=O)N1C[C@@H](O)C(C)(C)[C@H]1C(=O)OCc1ccccc1. The van der Waals surface area contributed by atoms with Crippen LogP contribution in [0.3, 0.4) is 0 Å². The topological polar surface area (TPSA) is 66.8 Å². The Balaban J connectivity index is 2.10. The van der Waals surface area contributed by atoms with Crippen LogP contribution in [-0.2, 0) is 16.1 Å².